The Morgan fingerprint density at radius 2 is 1.71 bits per heavy atom. The second kappa shape index (κ2) is 10.4. The second-order valence-electron chi connectivity index (χ2n) is 7.89. The van der Waals surface area contributed by atoms with Crippen molar-refractivity contribution >= 4 is 17.9 Å². The van der Waals surface area contributed by atoms with Gasteiger partial charge in [-0.3, -0.25) is 9.59 Å². The highest BCUT2D eigenvalue weighted by Gasteiger charge is 2.55. The molecule has 1 saturated heterocycles. The van der Waals surface area contributed by atoms with Crippen LogP contribution in [0.2, 0.25) is 0 Å². The number of carbonyl (C=O) groups is 2. The van der Waals surface area contributed by atoms with Crippen LogP contribution in [0.3, 0.4) is 0 Å². The van der Waals surface area contributed by atoms with Crippen molar-refractivity contribution in [2.24, 2.45) is 5.41 Å². The molecular formula is C26H27N3O2. The lowest BCUT2D eigenvalue weighted by Crippen LogP contribution is -2.38. The summed E-state index contributed by atoms with van der Waals surface area (Å²) < 4.78 is 0. The summed E-state index contributed by atoms with van der Waals surface area (Å²) in [4.78, 5) is 25.3. The smallest absolute Gasteiger partial charge is 0.252 e. The summed E-state index contributed by atoms with van der Waals surface area (Å²) in [6.45, 7) is 5.30. The number of nitrogens with one attached hydrogen (secondary N) is 1. The molecule has 2 aliphatic rings. The van der Waals surface area contributed by atoms with Gasteiger partial charge < -0.3 is 10.2 Å². The highest BCUT2D eigenvalue weighted by Crippen LogP contribution is 2.53. The third-order valence-electron chi connectivity index (χ3n) is 5.95. The zero-order valence-corrected chi connectivity index (χ0v) is 17.5. The van der Waals surface area contributed by atoms with Gasteiger partial charge in [0.15, 0.2) is 0 Å². The summed E-state index contributed by atoms with van der Waals surface area (Å²) in [6, 6.07) is 21.0. The molecule has 0 radical (unpaired) electrons. The summed E-state index contributed by atoms with van der Waals surface area (Å²) in [5.41, 5.74) is 2.46. The number of hydrogen-bond donors (Lipinski definition) is 1. The van der Waals surface area contributed by atoms with Crippen molar-refractivity contribution in [1.29, 1.82) is 5.26 Å². The Morgan fingerprint density at radius 1 is 1.10 bits per heavy atom. The Balaban J connectivity index is 0.000000287. The van der Waals surface area contributed by atoms with Crippen molar-refractivity contribution in [3.05, 3.63) is 90.5 Å². The van der Waals surface area contributed by atoms with Crippen LogP contribution in [-0.4, -0.2) is 36.3 Å². The molecule has 4 rings (SSSR count). The van der Waals surface area contributed by atoms with Crippen LogP contribution in [0.4, 0.5) is 0 Å². The lowest BCUT2D eigenvalue weighted by molar-refractivity contribution is -0.120. The lowest BCUT2D eigenvalue weighted by Gasteiger charge is -2.30. The number of rotatable bonds is 5. The normalized spacial score (nSPS) is 18.7. The van der Waals surface area contributed by atoms with Crippen molar-refractivity contribution in [3.8, 4) is 6.07 Å². The van der Waals surface area contributed by atoms with Crippen LogP contribution >= 0.6 is 0 Å². The standard InChI is InChI=1S/C19H22N2O2.C7H5N/c1-2-6-16(15-7-4-3-5-8-15)18(23)20-17-13-19(17)9-11-21(14-22)12-10-19;8-6-7-4-2-1-3-5-7/h2-8,14,17H,1,9-13H2,(H,20,23);1-5H/b16-6+;. The fourth-order valence-electron chi connectivity index (χ4n) is 3.97. The molecular weight excluding hydrogens is 386 g/mol. The van der Waals surface area contributed by atoms with E-state index in [-0.39, 0.29) is 17.4 Å². The van der Waals surface area contributed by atoms with Crippen LogP contribution in [0.25, 0.3) is 5.57 Å². The second-order valence-corrected chi connectivity index (χ2v) is 7.89. The summed E-state index contributed by atoms with van der Waals surface area (Å²) in [5, 5.41) is 11.5. The van der Waals surface area contributed by atoms with Gasteiger partial charge in [0, 0.05) is 24.7 Å². The van der Waals surface area contributed by atoms with Crippen molar-refractivity contribution in [2.45, 2.75) is 25.3 Å². The third-order valence-corrected chi connectivity index (χ3v) is 5.95. The van der Waals surface area contributed by atoms with Gasteiger partial charge in [-0.2, -0.15) is 5.26 Å². The van der Waals surface area contributed by atoms with Gasteiger partial charge in [-0.1, -0.05) is 61.2 Å². The average molecular weight is 414 g/mol. The van der Waals surface area contributed by atoms with Gasteiger partial charge in [-0.05, 0) is 48.4 Å². The minimum atomic E-state index is -0.0456. The van der Waals surface area contributed by atoms with Gasteiger partial charge in [0.2, 0.25) is 6.41 Å². The largest absolute Gasteiger partial charge is 0.349 e. The van der Waals surface area contributed by atoms with Gasteiger partial charge in [0.1, 0.15) is 0 Å². The highest BCUT2D eigenvalue weighted by molar-refractivity contribution is 6.20. The average Bonchev–Trinajstić information content (AvgIpc) is 3.49. The molecule has 2 aromatic carbocycles. The first-order valence-corrected chi connectivity index (χ1v) is 10.5. The van der Waals surface area contributed by atoms with Crippen LogP contribution < -0.4 is 5.32 Å². The molecule has 1 heterocycles. The molecule has 0 aromatic heterocycles. The van der Waals surface area contributed by atoms with Crippen molar-refractivity contribution in [3.63, 3.8) is 0 Å². The monoisotopic (exact) mass is 413 g/mol. The molecule has 0 bridgehead atoms. The van der Waals surface area contributed by atoms with E-state index in [0.29, 0.717) is 11.1 Å². The topological polar surface area (TPSA) is 73.2 Å². The SMILES string of the molecule is C=C/C=C(/C(=O)NC1CC12CCN(C=O)CC2)c1ccccc1.N#Cc1ccccc1. The van der Waals surface area contributed by atoms with Gasteiger partial charge in [-0.15, -0.1) is 0 Å². The summed E-state index contributed by atoms with van der Waals surface area (Å²) in [5.74, 6) is -0.0456. The molecule has 5 heteroatoms. The maximum Gasteiger partial charge on any atom is 0.252 e. The zero-order chi connectivity index (χ0) is 22.1. The molecule has 1 spiro atoms. The molecule has 1 aliphatic carbocycles. The van der Waals surface area contributed by atoms with Crippen LogP contribution in [0.1, 0.15) is 30.4 Å². The number of hydrogen-bond acceptors (Lipinski definition) is 3. The first-order valence-electron chi connectivity index (χ1n) is 10.5. The highest BCUT2D eigenvalue weighted by atomic mass is 16.2. The van der Waals surface area contributed by atoms with E-state index < -0.39 is 0 Å². The molecule has 2 fully saturated rings. The van der Waals surface area contributed by atoms with Crippen molar-refractivity contribution in [1.82, 2.24) is 10.2 Å². The summed E-state index contributed by atoms with van der Waals surface area (Å²) in [7, 11) is 0. The Hall–Kier alpha value is -3.65. The minimum Gasteiger partial charge on any atom is -0.349 e. The molecule has 1 unspecified atom stereocenters. The van der Waals surface area contributed by atoms with E-state index in [1.54, 1.807) is 24.3 Å². The van der Waals surface area contributed by atoms with Crippen molar-refractivity contribution in [2.75, 3.05) is 13.1 Å². The lowest BCUT2D eigenvalue weighted by atomic mass is 9.93. The Bertz CT molecular complexity index is 969. The first kappa shape index (κ1) is 22.0. The van der Waals surface area contributed by atoms with Gasteiger partial charge in [0.25, 0.3) is 5.91 Å². The molecule has 2 aromatic rings. The van der Waals surface area contributed by atoms with Gasteiger partial charge >= 0.3 is 0 Å². The molecule has 1 atom stereocenters. The maximum atomic E-state index is 12.6. The van der Waals surface area contributed by atoms with E-state index in [4.69, 9.17) is 5.26 Å². The number of nitrogens with zero attached hydrogens (tertiary/aromatic N) is 2. The molecule has 158 valence electrons. The molecule has 1 N–H and O–H groups in total. The number of piperidine rings is 1. The number of nitriles is 1. The van der Waals surface area contributed by atoms with Crippen LogP contribution in [0.5, 0.6) is 0 Å². The van der Waals surface area contributed by atoms with E-state index in [2.05, 4.69) is 11.9 Å². The number of benzene rings is 2. The maximum absolute atomic E-state index is 12.6. The quantitative estimate of drug-likeness (QED) is 0.458. The number of amides is 2. The first-order chi connectivity index (χ1) is 15.1. The number of carbonyl (C=O) groups excluding carboxylic acids is 2. The van der Waals surface area contributed by atoms with E-state index in [9.17, 15) is 9.59 Å². The fraction of sp³-hybridized carbons (Fsp3) is 0.269. The minimum absolute atomic E-state index is 0.0456. The van der Waals surface area contributed by atoms with Gasteiger partial charge in [0.05, 0.1) is 11.6 Å². The van der Waals surface area contributed by atoms with Crippen LogP contribution in [0.15, 0.2) is 79.4 Å². The fourth-order valence-corrected chi connectivity index (χ4v) is 3.97. The molecule has 1 saturated carbocycles. The van der Waals surface area contributed by atoms with Crippen LogP contribution in [0, 0.1) is 16.7 Å². The van der Waals surface area contributed by atoms with E-state index >= 15 is 0 Å². The molecule has 5 nitrogen and oxygen atoms in total. The zero-order valence-electron chi connectivity index (χ0n) is 17.5. The van der Waals surface area contributed by atoms with E-state index in [1.165, 1.54) is 0 Å². The van der Waals surface area contributed by atoms with Gasteiger partial charge in [-0.25, -0.2) is 0 Å². The predicted molar refractivity (Wildman–Crippen MR) is 122 cm³/mol. The van der Waals surface area contributed by atoms with E-state index in [1.807, 2.05) is 59.5 Å². The Kier molecular flexibility index (Phi) is 7.40. The molecule has 2 amide bonds. The molecule has 1 aliphatic heterocycles. The summed E-state index contributed by atoms with van der Waals surface area (Å²) in [6.07, 6.45) is 7.29. The van der Waals surface area contributed by atoms with E-state index in [0.717, 1.165) is 44.3 Å². The Labute approximate surface area is 183 Å². The molecule has 31 heavy (non-hydrogen) atoms. The van der Waals surface area contributed by atoms with Crippen molar-refractivity contribution < 1.29 is 9.59 Å². The number of allylic oxidation sites excluding steroid dienone is 2. The third kappa shape index (κ3) is 5.70. The summed E-state index contributed by atoms with van der Waals surface area (Å²) >= 11 is 0. The van der Waals surface area contributed by atoms with Crippen LogP contribution in [-0.2, 0) is 9.59 Å². The predicted octanol–water partition coefficient (Wildman–Crippen LogP) is 3.94. The Morgan fingerprint density at radius 3 is 2.23 bits per heavy atom. The number of likely N-dealkylation sites (tertiary alicyclic amines) is 1.